The third-order valence-corrected chi connectivity index (χ3v) is 3.87. The third-order valence-electron chi connectivity index (χ3n) is 2.43. The lowest BCUT2D eigenvalue weighted by molar-refractivity contribution is 0.596. The van der Waals surface area contributed by atoms with Crippen molar-refractivity contribution in [1.82, 2.24) is 4.98 Å². The van der Waals surface area contributed by atoms with Crippen LogP contribution in [0, 0.1) is 12.7 Å². The minimum atomic E-state index is -3.93. The molecule has 2 rings (SSSR count). The topological polar surface area (TPSA) is 85.1 Å². The number of aryl methyl sites for hydroxylation is 1. The molecular weight excluding hydrogens is 269 g/mol. The maximum atomic E-state index is 13.1. The molecule has 0 bridgehead atoms. The molecule has 7 heteroatoms. The van der Waals surface area contributed by atoms with Crippen molar-refractivity contribution in [2.45, 2.75) is 11.8 Å². The molecule has 1 aromatic heterocycles. The Labute approximate surface area is 110 Å². The van der Waals surface area contributed by atoms with Crippen molar-refractivity contribution in [3.63, 3.8) is 0 Å². The van der Waals surface area contributed by atoms with Crippen LogP contribution in [0.3, 0.4) is 0 Å². The number of nitrogens with zero attached hydrogens (tertiary/aromatic N) is 1. The van der Waals surface area contributed by atoms with E-state index in [1.54, 1.807) is 19.1 Å². The fraction of sp³-hybridized carbons (Fsp3) is 0.0833. The first-order chi connectivity index (χ1) is 8.88. The molecule has 0 aliphatic heterocycles. The van der Waals surface area contributed by atoms with Gasteiger partial charge in [-0.2, -0.15) is 0 Å². The van der Waals surface area contributed by atoms with Crippen LogP contribution in [-0.2, 0) is 10.0 Å². The Morgan fingerprint density at radius 2 is 2.00 bits per heavy atom. The molecule has 2 aromatic rings. The summed E-state index contributed by atoms with van der Waals surface area (Å²) in [5.74, 6) is -0.670. The summed E-state index contributed by atoms with van der Waals surface area (Å²) in [5, 5.41) is 0. The Hall–Kier alpha value is -2.15. The van der Waals surface area contributed by atoms with Gasteiger partial charge in [0.25, 0.3) is 10.0 Å². The van der Waals surface area contributed by atoms with E-state index in [1.807, 2.05) is 0 Å². The van der Waals surface area contributed by atoms with Gasteiger partial charge in [-0.25, -0.2) is 12.8 Å². The number of nitrogens with one attached hydrogen (secondary N) is 1. The fourth-order valence-electron chi connectivity index (χ4n) is 1.48. The van der Waals surface area contributed by atoms with Crippen molar-refractivity contribution in [2.24, 2.45) is 0 Å². The second-order valence-corrected chi connectivity index (χ2v) is 5.63. The predicted molar refractivity (Wildman–Crippen MR) is 70.6 cm³/mol. The van der Waals surface area contributed by atoms with Gasteiger partial charge in [0, 0.05) is 5.69 Å². The number of pyridine rings is 1. The van der Waals surface area contributed by atoms with Gasteiger partial charge in [-0.15, -0.1) is 0 Å². The van der Waals surface area contributed by atoms with Gasteiger partial charge in [-0.05, 0) is 37.3 Å². The maximum absolute atomic E-state index is 13.1. The first-order valence-electron chi connectivity index (χ1n) is 5.39. The van der Waals surface area contributed by atoms with E-state index in [1.165, 1.54) is 12.3 Å². The van der Waals surface area contributed by atoms with Crippen LogP contribution in [-0.4, -0.2) is 13.4 Å². The highest BCUT2D eigenvalue weighted by molar-refractivity contribution is 7.92. The summed E-state index contributed by atoms with van der Waals surface area (Å²) in [6, 6.07) is 6.40. The Bertz CT molecular complexity index is 699. The number of rotatable bonds is 3. The van der Waals surface area contributed by atoms with Crippen LogP contribution in [0.1, 0.15) is 5.69 Å². The van der Waals surface area contributed by atoms with Crippen molar-refractivity contribution in [3.05, 3.63) is 48.0 Å². The van der Waals surface area contributed by atoms with E-state index >= 15 is 0 Å². The fourth-order valence-corrected chi connectivity index (χ4v) is 2.67. The van der Waals surface area contributed by atoms with Gasteiger partial charge >= 0.3 is 0 Å². The number of hydrogen-bond donors (Lipinski definition) is 2. The largest absolute Gasteiger partial charge is 0.398 e. The third kappa shape index (κ3) is 3.00. The van der Waals surface area contributed by atoms with Gasteiger partial charge in [-0.3, -0.25) is 9.71 Å². The van der Waals surface area contributed by atoms with Crippen LogP contribution >= 0.6 is 0 Å². The molecule has 0 saturated carbocycles. The molecule has 19 heavy (non-hydrogen) atoms. The quantitative estimate of drug-likeness (QED) is 0.842. The summed E-state index contributed by atoms with van der Waals surface area (Å²) in [6.45, 7) is 1.78. The van der Waals surface area contributed by atoms with Crippen molar-refractivity contribution < 1.29 is 12.8 Å². The molecule has 0 spiro atoms. The molecule has 0 unspecified atom stereocenters. The number of halogens is 1. The standard InChI is InChI=1S/C12H12FN3O2S/c1-8-2-4-10(7-15-8)16-19(17,18)12-6-9(13)3-5-11(12)14/h2-7,16H,14H2,1H3. The lowest BCUT2D eigenvalue weighted by Crippen LogP contribution is -2.15. The van der Waals surface area contributed by atoms with Crippen LogP contribution < -0.4 is 10.5 Å². The van der Waals surface area contributed by atoms with Gasteiger partial charge in [0.2, 0.25) is 0 Å². The lowest BCUT2D eigenvalue weighted by atomic mass is 10.3. The molecule has 5 nitrogen and oxygen atoms in total. The second kappa shape index (κ2) is 4.85. The summed E-state index contributed by atoms with van der Waals surface area (Å²) in [4.78, 5) is 3.67. The Morgan fingerprint density at radius 3 is 2.63 bits per heavy atom. The Balaban J connectivity index is 2.37. The van der Waals surface area contributed by atoms with Gasteiger partial charge in [0.15, 0.2) is 0 Å². The molecule has 0 radical (unpaired) electrons. The second-order valence-electron chi connectivity index (χ2n) is 3.98. The summed E-state index contributed by atoms with van der Waals surface area (Å²) < 4.78 is 39.5. The van der Waals surface area contributed by atoms with Crippen molar-refractivity contribution >= 4 is 21.4 Å². The highest BCUT2D eigenvalue weighted by Gasteiger charge is 2.18. The molecule has 0 atom stereocenters. The van der Waals surface area contributed by atoms with E-state index in [4.69, 9.17) is 5.73 Å². The highest BCUT2D eigenvalue weighted by Crippen LogP contribution is 2.22. The van der Waals surface area contributed by atoms with Crippen molar-refractivity contribution in [3.8, 4) is 0 Å². The number of nitrogens with two attached hydrogens (primary N) is 1. The number of anilines is 2. The minimum absolute atomic E-state index is 0.0195. The average molecular weight is 281 g/mol. The normalized spacial score (nSPS) is 11.3. The molecule has 0 saturated heterocycles. The number of nitrogen functional groups attached to an aromatic ring is 1. The molecule has 0 amide bonds. The van der Waals surface area contributed by atoms with E-state index in [0.29, 0.717) is 0 Å². The van der Waals surface area contributed by atoms with Crippen molar-refractivity contribution in [1.29, 1.82) is 0 Å². The summed E-state index contributed by atoms with van der Waals surface area (Å²) in [7, 11) is -3.93. The van der Waals surface area contributed by atoms with E-state index in [9.17, 15) is 12.8 Å². The molecule has 1 heterocycles. The highest BCUT2D eigenvalue weighted by atomic mass is 32.2. The maximum Gasteiger partial charge on any atom is 0.264 e. The van der Waals surface area contributed by atoms with E-state index in [0.717, 1.165) is 17.8 Å². The first kappa shape index (κ1) is 13.3. The zero-order chi connectivity index (χ0) is 14.0. The van der Waals surface area contributed by atoms with Crippen LogP contribution in [0.15, 0.2) is 41.4 Å². The zero-order valence-electron chi connectivity index (χ0n) is 10.1. The van der Waals surface area contributed by atoms with Gasteiger partial charge in [0.1, 0.15) is 10.7 Å². The molecule has 3 N–H and O–H groups in total. The number of sulfonamides is 1. The number of aromatic nitrogens is 1. The zero-order valence-corrected chi connectivity index (χ0v) is 10.9. The van der Waals surface area contributed by atoms with Crippen molar-refractivity contribution in [2.75, 3.05) is 10.5 Å². The SMILES string of the molecule is Cc1ccc(NS(=O)(=O)c2cc(F)ccc2N)cn1. The smallest absolute Gasteiger partial charge is 0.264 e. The molecule has 0 aliphatic carbocycles. The first-order valence-corrected chi connectivity index (χ1v) is 6.87. The predicted octanol–water partition coefficient (Wildman–Crippen LogP) is 1.91. The van der Waals surface area contributed by atoms with E-state index in [-0.39, 0.29) is 16.3 Å². The number of hydrogen-bond acceptors (Lipinski definition) is 4. The summed E-state index contributed by atoms with van der Waals surface area (Å²) in [6.07, 6.45) is 1.38. The Morgan fingerprint density at radius 1 is 1.26 bits per heavy atom. The molecule has 0 aliphatic rings. The molecule has 1 aromatic carbocycles. The Kier molecular flexibility index (Phi) is 3.39. The van der Waals surface area contributed by atoms with Gasteiger partial charge < -0.3 is 5.73 Å². The molecular formula is C12H12FN3O2S. The van der Waals surface area contributed by atoms with Crippen LogP contribution in [0.5, 0.6) is 0 Å². The van der Waals surface area contributed by atoms with Crippen LogP contribution in [0.2, 0.25) is 0 Å². The van der Waals surface area contributed by atoms with E-state index in [2.05, 4.69) is 9.71 Å². The minimum Gasteiger partial charge on any atom is -0.398 e. The van der Waals surface area contributed by atoms with Gasteiger partial charge in [-0.1, -0.05) is 0 Å². The lowest BCUT2D eigenvalue weighted by Gasteiger charge is -2.10. The summed E-state index contributed by atoms with van der Waals surface area (Å²) >= 11 is 0. The van der Waals surface area contributed by atoms with Crippen LogP contribution in [0.4, 0.5) is 15.8 Å². The average Bonchev–Trinajstić information content (AvgIpc) is 2.35. The van der Waals surface area contributed by atoms with Crippen LogP contribution in [0.25, 0.3) is 0 Å². The molecule has 100 valence electrons. The van der Waals surface area contributed by atoms with E-state index < -0.39 is 15.8 Å². The number of benzene rings is 1. The monoisotopic (exact) mass is 281 g/mol. The van der Waals surface area contributed by atoms with Gasteiger partial charge in [0.05, 0.1) is 17.6 Å². The molecule has 0 fully saturated rings. The summed E-state index contributed by atoms with van der Waals surface area (Å²) in [5.41, 5.74) is 6.58.